The highest BCUT2D eigenvalue weighted by Gasteiger charge is 2.49. The van der Waals surface area contributed by atoms with Crippen molar-refractivity contribution in [3.05, 3.63) is 82.9 Å². The third kappa shape index (κ3) is 4.56. The maximum atomic E-state index is 13.4. The average Bonchev–Trinajstić information content (AvgIpc) is 2.93. The number of rotatable bonds is 4. The zero-order chi connectivity index (χ0) is 25.8. The molecule has 1 N–H and O–H groups in total. The fraction of sp³-hybridized carbons (Fsp3) is 0.400. The minimum atomic E-state index is -4.65. The highest BCUT2D eigenvalue weighted by atomic mass is 19.4. The molecule has 2 aromatic rings. The zero-order valence-corrected chi connectivity index (χ0v) is 18.9. The number of hydrogen-bond donors (Lipinski definition) is 1. The molecule has 4 rings (SSSR count). The minimum Gasteiger partial charge on any atom is -0.459 e. The van der Waals surface area contributed by atoms with Crippen molar-refractivity contribution in [3.8, 4) is 0 Å². The summed E-state index contributed by atoms with van der Waals surface area (Å²) in [6, 6.07) is 6.65. The second-order valence-electron chi connectivity index (χ2n) is 9.51. The molecule has 0 aliphatic carbocycles. The van der Waals surface area contributed by atoms with E-state index < -0.39 is 41.2 Å². The van der Waals surface area contributed by atoms with Crippen LogP contribution < -0.4 is 0 Å². The van der Waals surface area contributed by atoms with Crippen molar-refractivity contribution in [3.63, 3.8) is 0 Å². The normalized spacial score (nSPS) is 23.9. The molecule has 35 heavy (non-hydrogen) atoms. The smallest absolute Gasteiger partial charge is 0.416 e. The summed E-state index contributed by atoms with van der Waals surface area (Å²) in [5.74, 6) is -1.16. The van der Waals surface area contributed by atoms with Gasteiger partial charge in [0, 0.05) is 12.8 Å². The van der Waals surface area contributed by atoms with Crippen LogP contribution in [0, 0.1) is 0 Å². The van der Waals surface area contributed by atoms with Crippen LogP contribution in [0.3, 0.4) is 0 Å². The van der Waals surface area contributed by atoms with Gasteiger partial charge in [0.1, 0.15) is 18.2 Å². The van der Waals surface area contributed by atoms with E-state index in [0.717, 1.165) is 24.3 Å². The van der Waals surface area contributed by atoms with Crippen LogP contribution in [0.4, 0.5) is 26.3 Å². The summed E-state index contributed by atoms with van der Waals surface area (Å²) >= 11 is 0. The Hall–Kier alpha value is -2.85. The van der Waals surface area contributed by atoms with Gasteiger partial charge in [-0.05, 0) is 47.5 Å². The number of halogens is 6. The summed E-state index contributed by atoms with van der Waals surface area (Å²) in [4.78, 5) is 13.4. The Bertz CT molecular complexity index is 1040. The Labute approximate surface area is 198 Å². The first-order valence-electron chi connectivity index (χ1n) is 10.9. The lowest BCUT2D eigenvalue weighted by Crippen LogP contribution is -2.57. The number of esters is 1. The van der Waals surface area contributed by atoms with Crippen molar-refractivity contribution in [2.24, 2.45) is 0 Å². The minimum absolute atomic E-state index is 0.0804. The third-order valence-corrected chi connectivity index (χ3v) is 7.10. The fourth-order valence-corrected chi connectivity index (χ4v) is 4.82. The van der Waals surface area contributed by atoms with Gasteiger partial charge in [0.05, 0.1) is 25.2 Å². The summed E-state index contributed by atoms with van der Waals surface area (Å²) < 4.78 is 84.6. The van der Waals surface area contributed by atoms with Gasteiger partial charge in [0.25, 0.3) is 0 Å². The maximum absolute atomic E-state index is 13.4. The second kappa shape index (κ2) is 8.37. The molecule has 2 aliphatic heterocycles. The van der Waals surface area contributed by atoms with Crippen LogP contribution in [-0.4, -0.2) is 47.8 Å². The molecule has 2 aliphatic rings. The first-order valence-corrected chi connectivity index (χ1v) is 10.9. The Morgan fingerprint density at radius 2 is 1.11 bits per heavy atom. The molecule has 10 heteroatoms. The number of nitrogens with zero attached hydrogens (tertiary/aromatic N) is 1. The van der Waals surface area contributed by atoms with Crippen LogP contribution in [0.5, 0.6) is 0 Å². The average molecular weight is 500 g/mol. The molecular weight excluding hydrogens is 476 g/mol. The Morgan fingerprint density at radius 1 is 0.771 bits per heavy atom. The largest absolute Gasteiger partial charge is 0.459 e. The molecule has 1 saturated heterocycles. The van der Waals surface area contributed by atoms with Crippen molar-refractivity contribution in [1.29, 1.82) is 0 Å². The van der Waals surface area contributed by atoms with Gasteiger partial charge in [-0.3, -0.25) is 0 Å². The summed E-state index contributed by atoms with van der Waals surface area (Å²) in [7, 11) is 4.10. The maximum Gasteiger partial charge on any atom is 0.416 e. The van der Waals surface area contributed by atoms with E-state index in [1.807, 2.05) is 26.2 Å². The van der Waals surface area contributed by atoms with Crippen LogP contribution in [0.2, 0.25) is 0 Å². The summed E-state index contributed by atoms with van der Waals surface area (Å²) in [6.07, 6.45) is -4.85. The first-order chi connectivity index (χ1) is 16.1. The van der Waals surface area contributed by atoms with Gasteiger partial charge in [0.2, 0.25) is 5.60 Å². The highest BCUT2D eigenvalue weighted by molar-refractivity contribution is 5.85. The van der Waals surface area contributed by atoms with Crippen LogP contribution in [-0.2, 0) is 27.5 Å². The number of fused-ring (bicyclic) bond motifs is 2. The monoisotopic (exact) mass is 500 g/mol. The van der Waals surface area contributed by atoms with Crippen LogP contribution >= 0.6 is 0 Å². The molecule has 0 amide bonds. The lowest BCUT2D eigenvalue weighted by molar-refractivity contribution is -0.926. The number of ether oxygens (including phenoxy) is 1. The van der Waals surface area contributed by atoms with E-state index in [0.29, 0.717) is 41.6 Å². The molecule has 188 valence electrons. The van der Waals surface area contributed by atoms with E-state index in [1.54, 1.807) is 0 Å². The first kappa shape index (κ1) is 25.2. The number of quaternary nitrogens is 1. The number of piperidine rings is 1. The van der Waals surface area contributed by atoms with Crippen LogP contribution in [0.25, 0.3) is 0 Å². The number of alkyl halides is 6. The van der Waals surface area contributed by atoms with Gasteiger partial charge in [-0.25, -0.2) is 4.79 Å². The third-order valence-electron chi connectivity index (χ3n) is 7.10. The molecule has 0 aromatic heterocycles. The Kier molecular flexibility index (Phi) is 6.04. The van der Waals surface area contributed by atoms with Gasteiger partial charge in [-0.15, -0.1) is 0 Å². The molecule has 0 radical (unpaired) electrons. The molecule has 2 bridgehead atoms. The molecule has 2 unspecified atom stereocenters. The molecular formula is C25H24F6NO3+. The fourth-order valence-electron chi connectivity index (χ4n) is 4.82. The number of likely N-dealkylation sites (N-methyl/N-ethyl adjacent to an activating group) is 1. The molecule has 3 atom stereocenters. The summed E-state index contributed by atoms with van der Waals surface area (Å²) in [5.41, 5.74) is -5.10. The van der Waals surface area contributed by atoms with Crippen LogP contribution in [0.15, 0.2) is 60.7 Å². The van der Waals surface area contributed by atoms with Crippen LogP contribution in [0.1, 0.15) is 35.1 Å². The standard InChI is InChI=1S/C25H24F6NO3/c1-32(2)19-11-12-20(32)14-21(13-19)35-22(33)23(34,15-3-7-17(8-4-15)24(26,27)28)16-5-9-18(10-6-16)25(29,30)31/h3-12,19-21,34H,13-14H2,1-2H3/q+1/t19-,20?,21?/m1/s1. The van der Waals surface area contributed by atoms with Gasteiger partial charge >= 0.3 is 18.3 Å². The van der Waals surface area contributed by atoms with E-state index in [4.69, 9.17) is 4.74 Å². The van der Waals surface area contributed by atoms with Crippen molar-refractivity contribution < 1.29 is 45.5 Å². The predicted octanol–water partition coefficient (Wildman–Crippen LogP) is 5.05. The SMILES string of the molecule is C[N+]1(C)C2C=C[C@@H]1CC(OC(=O)C(O)(c1ccc(C(F)(F)F)cc1)c1ccc(C(F)(F)F)cc1)C2. The lowest BCUT2D eigenvalue weighted by Gasteiger charge is -2.44. The zero-order valence-electron chi connectivity index (χ0n) is 18.9. The second-order valence-corrected chi connectivity index (χ2v) is 9.51. The Balaban J connectivity index is 1.68. The molecule has 1 fully saturated rings. The molecule has 2 aromatic carbocycles. The summed E-state index contributed by atoms with van der Waals surface area (Å²) in [6.45, 7) is 0. The number of carbonyl (C=O) groups is 1. The van der Waals surface area contributed by atoms with Gasteiger partial charge in [-0.1, -0.05) is 24.3 Å². The number of aliphatic hydroxyl groups is 1. The Morgan fingerprint density at radius 3 is 1.46 bits per heavy atom. The van der Waals surface area contributed by atoms with Crippen molar-refractivity contribution in [1.82, 2.24) is 0 Å². The molecule has 0 spiro atoms. The predicted molar refractivity (Wildman–Crippen MR) is 114 cm³/mol. The van der Waals surface area contributed by atoms with Gasteiger partial charge in [-0.2, -0.15) is 26.3 Å². The molecule has 4 nitrogen and oxygen atoms in total. The number of benzene rings is 2. The quantitative estimate of drug-likeness (QED) is 0.277. The van der Waals surface area contributed by atoms with Gasteiger partial charge in [0.15, 0.2) is 0 Å². The number of hydrogen-bond acceptors (Lipinski definition) is 3. The van der Waals surface area contributed by atoms with E-state index in [-0.39, 0.29) is 23.2 Å². The highest BCUT2D eigenvalue weighted by Crippen LogP contribution is 2.40. The topological polar surface area (TPSA) is 46.5 Å². The lowest BCUT2D eigenvalue weighted by atomic mass is 9.85. The molecule has 0 saturated carbocycles. The van der Waals surface area contributed by atoms with Crippen molar-refractivity contribution >= 4 is 5.97 Å². The van der Waals surface area contributed by atoms with E-state index in [9.17, 15) is 36.2 Å². The van der Waals surface area contributed by atoms with E-state index >= 15 is 0 Å². The number of carbonyl (C=O) groups excluding carboxylic acids is 1. The molecule has 2 heterocycles. The van der Waals surface area contributed by atoms with Gasteiger partial charge < -0.3 is 14.3 Å². The van der Waals surface area contributed by atoms with Crippen molar-refractivity contribution in [2.45, 2.75) is 49.0 Å². The van der Waals surface area contributed by atoms with Crippen molar-refractivity contribution in [2.75, 3.05) is 14.1 Å². The van der Waals surface area contributed by atoms with E-state index in [1.165, 1.54) is 0 Å². The summed E-state index contributed by atoms with van der Waals surface area (Å²) in [5, 5.41) is 11.5. The van der Waals surface area contributed by atoms with E-state index in [2.05, 4.69) is 0 Å².